The summed E-state index contributed by atoms with van der Waals surface area (Å²) in [5.41, 5.74) is -0.219. The molecule has 1 unspecified atom stereocenters. The van der Waals surface area contributed by atoms with E-state index in [0.29, 0.717) is 23.9 Å². The number of hydrogen-bond acceptors (Lipinski definition) is 2. The molecule has 0 bridgehead atoms. The first kappa shape index (κ1) is 14.9. The highest BCUT2D eigenvalue weighted by molar-refractivity contribution is 7.99. The number of rotatable bonds is 5. The number of halogens is 3. The molecule has 0 saturated carbocycles. The molecule has 0 fully saturated rings. The molecular formula is C12H14F3NOS. The minimum Gasteiger partial charge on any atom is -0.352 e. The molecule has 0 aliphatic rings. The highest BCUT2D eigenvalue weighted by Crippen LogP contribution is 2.13. The van der Waals surface area contributed by atoms with Crippen molar-refractivity contribution >= 4 is 17.7 Å². The second kappa shape index (κ2) is 6.68. The maximum atomic E-state index is 12.9. The molecule has 100 valence electrons. The molecule has 0 radical (unpaired) electrons. The molecular weight excluding hydrogens is 263 g/mol. The monoisotopic (exact) mass is 277 g/mol. The van der Waals surface area contributed by atoms with Crippen molar-refractivity contribution in [1.29, 1.82) is 0 Å². The second-order valence-electron chi connectivity index (χ2n) is 3.84. The minimum atomic E-state index is -1.57. The molecule has 2 nitrogen and oxygen atoms in total. The molecule has 18 heavy (non-hydrogen) atoms. The van der Waals surface area contributed by atoms with E-state index in [-0.39, 0.29) is 5.56 Å². The summed E-state index contributed by atoms with van der Waals surface area (Å²) in [5.74, 6) is -4.90. The standard InChI is InChI=1S/C12H14F3NOS/c1-7(18-2)3-4-16-12(17)8-5-9(13)11(15)10(14)6-8/h5-7H,3-4H2,1-2H3,(H,16,17). The van der Waals surface area contributed by atoms with Gasteiger partial charge in [-0.2, -0.15) is 11.8 Å². The van der Waals surface area contributed by atoms with Gasteiger partial charge in [-0.15, -0.1) is 0 Å². The number of carbonyl (C=O) groups is 1. The fourth-order valence-corrected chi connectivity index (χ4v) is 1.65. The summed E-state index contributed by atoms with van der Waals surface area (Å²) < 4.78 is 38.5. The van der Waals surface area contributed by atoms with Crippen LogP contribution in [0.1, 0.15) is 23.7 Å². The average Bonchev–Trinajstić information content (AvgIpc) is 2.34. The Morgan fingerprint density at radius 3 is 2.39 bits per heavy atom. The third-order valence-electron chi connectivity index (χ3n) is 2.48. The average molecular weight is 277 g/mol. The summed E-state index contributed by atoms with van der Waals surface area (Å²) >= 11 is 1.66. The van der Waals surface area contributed by atoms with Crippen LogP contribution in [0.3, 0.4) is 0 Å². The molecule has 6 heteroatoms. The van der Waals surface area contributed by atoms with Gasteiger partial charge in [0.2, 0.25) is 0 Å². The Morgan fingerprint density at radius 2 is 1.89 bits per heavy atom. The summed E-state index contributed by atoms with van der Waals surface area (Å²) in [6.45, 7) is 2.41. The van der Waals surface area contributed by atoms with Crippen LogP contribution in [0.2, 0.25) is 0 Å². The van der Waals surface area contributed by atoms with Gasteiger partial charge in [0.1, 0.15) is 0 Å². The fourth-order valence-electron chi connectivity index (χ4n) is 1.30. The van der Waals surface area contributed by atoms with Crippen LogP contribution < -0.4 is 5.32 Å². The van der Waals surface area contributed by atoms with Gasteiger partial charge in [0.15, 0.2) is 17.5 Å². The van der Waals surface area contributed by atoms with Crippen LogP contribution in [0.15, 0.2) is 12.1 Å². The summed E-state index contributed by atoms with van der Waals surface area (Å²) in [5, 5.41) is 2.91. The van der Waals surface area contributed by atoms with Crippen LogP contribution in [0.25, 0.3) is 0 Å². The molecule has 0 aliphatic heterocycles. The number of hydrogen-bond donors (Lipinski definition) is 1. The van der Waals surface area contributed by atoms with E-state index in [1.54, 1.807) is 11.8 Å². The molecule has 1 N–H and O–H groups in total. The van der Waals surface area contributed by atoms with Crippen LogP contribution in [0.4, 0.5) is 13.2 Å². The normalized spacial score (nSPS) is 12.3. The maximum absolute atomic E-state index is 12.9. The van der Waals surface area contributed by atoms with E-state index in [2.05, 4.69) is 5.32 Å². The van der Waals surface area contributed by atoms with Crippen molar-refractivity contribution < 1.29 is 18.0 Å². The first-order valence-corrected chi connectivity index (χ1v) is 6.70. The molecule has 0 heterocycles. The summed E-state index contributed by atoms with van der Waals surface area (Å²) in [6, 6.07) is 1.37. The van der Waals surface area contributed by atoms with Gasteiger partial charge in [0.25, 0.3) is 5.91 Å². The molecule has 0 aliphatic carbocycles. The van der Waals surface area contributed by atoms with Crippen LogP contribution >= 0.6 is 11.8 Å². The third kappa shape index (κ3) is 3.94. The van der Waals surface area contributed by atoms with Crippen molar-refractivity contribution in [2.45, 2.75) is 18.6 Å². The zero-order valence-electron chi connectivity index (χ0n) is 10.1. The quantitative estimate of drug-likeness (QED) is 0.838. The Labute approximate surface area is 108 Å². The molecule has 0 saturated heterocycles. The summed E-state index contributed by atoms with van der Waals surface area (Å²) in [7, 11) is 0. The summed E-state index contributed by atoms with van der Waals surface area (Å²) in [4.78, 5) is 11.6. The van der Waals surface area contributed by atoms with E-state index >= 15 is 0 Å². The van der Waals surface area contributed by atoms with Crippen molar-refractivity contribution in [3.63, 3.8) is 0 Å². The zero-order valence-corrected chi connectivity index (χ0v) is 10.9. The van der Waals surface area contributed by atoms with E-state index in [1.807, 2.05) is 13.2 Å². The Hall–Kier alpha value is -1.17. The van der Waals surface area contributed by atoms with Gasteiger partial charge in [0.05, 0.1) is 0 Å². The van der Waals surface area contributed by atoms with E-state index in [1.165, 1.54) is 0 Å². The van der Waals surface area contributed by atoms with Gasteiger partial charge in [0, 0.05) is 17.4 Å². The van der Waals surface area contributed by atoms with Gasteiger partial charge < -0.3 is 5.32 Å². The van der Waals surface area contributed by atoms with Gasteiger partial charge in [-0.1, -0.05) is 6.92 Å². The predicted molar refractivity (Wildman–Crippen MR) is 66.2 cm³/mol. The van der Waals surface area contributed by atoms with Crippen LogP contribution in [0.5, 0.6) is 0 Å². The Kier molecular flexibility index (Phi) is 5.53. The lowest BCUT2D eigenvalue weighted by atomic mass is 10.2. The topological polar surface area (TPSA) is 29.1 Å². The fraction of sp³-hybridized carbons (Fsp3) is 0.417. The predicted octanol–water partition coefficient (Wildman–Crippen LogP) is 2.98. The maximum Gasteiger partial charge on any atom is 0.251 e. The number of amides is 1. The van der Waals surface area contributed by atoms with E-state index in [0.717, 1.165) is 6.42 Å². The van der Waals surface area contributed by atoms with Gasteiger partial charge >= 0.3 is 0 Å². The highest BCUT2D eigenvalue weighted by atomic mass is 32.2. The lowest BCUT2D eigenvalue weighted by Gasteiger charge is -2.09. The smallest absolute Gasteiger partial charge is 0.251 e. The molecule has 1 atom stereocenters. The number of thioether (sulfide) groups is 1. The largest absolute Gasteiger partial charge is 0.352 e. The third-order valence-corrected chi connectivity index (χ3v) is 3.53. The molecule has 1 aromatic carbocycles. The molecule has 1 rings (SSSR count). The van der Waals surface area contributed by atoms with Crippen LogP contribution in [-0.4, -0.2) is 24.0 Å². The van der Waals surface area contributed by atoms with Gasteiger partial charge in [-0.05, 0) is 24.8 Å². The zero-order chi connectivity index (χ0) is 13.7. The summed E-state index contributed by atoms with van der Waals surface area (Å²) in [6.07, 6.45) is 2.70. The Bertz CT molecular complexity index is 416. The second-order valence-corrected chi connectivity index (χ2v) is 5.12. The van der Waals surface area contributed by atoms with E-state index in [4.69, 9.17) is 0 Å². The lowest BCUT2D eigenvalue weighted by Crippen LogP contribution is -2.26. The Balaban J connectivity index is 2.62. The van der Waals surface area contributed by atoms with Crippen molar-refractivity contribution in [3.8, 4) is 0 Å². The van der Waals surface area contributed by atoms with Crippen molar-refractivity contribution in [2.24, 2.45) is 0 Å². The van der Waals surface area contributed by atoms with Gasteiger partial charge in [-0.3, -0.25) is 4.79 Å². The van der Waals surface area contributed by atoms with Crippen LogP contribution in [-0.2, 0) is 0 Å². The molecule has 0 spiro atoms. The first-order chi connectivity index (χ1) is 8.45. The van der Waals surface area contributed by atoms with Gasteiger partial charge in [-0.25, -0.2) is 13.2 Å². The van der Waals surface area contributed by atoms with Crippen molar-refractivity contribution in [1.82, 2.24) is 5.32 Å². The first-order valence-electron chi connectivity index (χ1n) is 5.41. The molecule has 0 aromatic heterocycles. The molecule has 1 amide bonds. The van der Waals surface area contributed by atoms with E-state index in [9.17, 15) is 18.0 Å². The van der Waals surface area contributed by atoms with E-state index < -0.39 is 23.4 Å². The Morgan fingerprint density at radius 1 is 1.33 bits per heavy atom. The van der Waals surface area contributed by atoms with Crippen molar-refractivity contribution in [3.05, 3.63) is 35.1 Å². The highest BCUT2D eigenvalue weighted by Gasteiger charge is 2.14. The lowest BCUT2D eigenvalue weighted by molar-refractivity contribution is 0.0952. The SMILES string of the molecule is CSC(C)CCNC(=O)c1cc(F)c(F)c(F)c1. The van der Waals surface area contributed by atoms with Crippen LogP contribution in [0, 0.1) is 17.5 Å². The molecule has 1 aromatic rings. The number of carbonyl (C=O) groups excluding carboxylic acids is 1. The number of benzene rings is 1. The number of nitrogens with one attached hydrogen (secondary N) is 1. The van der Waals surface area contributed by atoms with Crippen molar-refractivity contribution in [2.75, 3.05) is 12.8 Å². The minimum absolute atomic E-state index is 0.219.